The largest absolute Gasteiger partial charge is 0.496 e. The molecular weight excluding hydrogens is 412 g/mol. The number of hydrogen-bond donors (Lipinski definition) is 2. The molecule has 29 heavy (non-hydrogen) atoms. The van der Waals surface area contributed by atoms with Crippen molar-refractivity contribution in [2.45, 2.75) is 30.2 Å². The van der Waals surface area contributed by atoms with Gasteiger partial charge in [-0.05, 0) is 56.1 Å². The lowest BCUT2D eigenvalue weighted by Crippen LogP contribution is -2.23. The molecule has 0 unspecified atom stereocenters. The molecule has 10 heteroatoms. The van der Waals surface area contributed by atoms with Crippen molar-refractivity contribution in [2.75, 3.05) is 18.7 Å². The molecule has 0 aliphatic carbocycles. The Hall–Kier alpha value is -2.72. The van der Waals surface area contributed by atoms with E-state index >= 15 is 0 Å². The molecule has 2 N–H and O–H groups in total. The van der Waals surface area contributed by atoms with E-state index in [-0.39, 0.29) is 4.90 Å². The van der Waals surface area contributed by atoms with Gasteiger partial charge in [0.05, 0.1) is 33.6 Å². The Morgan fingerprint density at radius 1 is 1.28 bits per heavy atom. The summed E-state index contributed by atoms with van der Waals surface area (Å²) in [5, 5.41) is 2.83. The summed E-state index contributed by atoms with van der Waals surface area (Å²) < 4.78 is 33.5. The number of hydrogen-bond acceptors (Lipinski definition) is 6. The summed E-state index contributed by atoms with van der Waals surface area (Å²) in [6, 6.07) is 9.58. The van der Waals surface area contributed by atoms with Crippen LogP contribution in [0.25, 0.3) is 11.0 Å². The molecule has 2 aromatic carbocycles. The van der Waals surface area contributed by atoms with Gasteiger partial charge < -0.3 is 14.6 Å². The molecule has 3 rings (SSSR count). The second-order valence-corrected chi connectivity index (χ2v) is 9.18. The van der Waals surface area contributed by atoms with Gasteiger partial charge in [-0.25, -0.2) is 18.2 Å². The molecule has 1 aromatic heterocycles. The molecule has 0 saturated heterocycles. The Balaban J connectivity index is 1.80. The monoisotopic (exact) mass is 434 g/mol. The van der Waals surface area contributed by atoms with Crippen molar-refractivity contribution in [1.82, 2.24) is 14.3 Å². The van der Waals surface area contributed by atoms with Crippen LogP contribution in [-0.2, 0) is 16.4 Å². The second-order valence-electron chi connectivity index (χ2n) is 6.32. The van der Waals surface area contributed by atoms with Crippen molar-refractivity contribution < 1.29 is 17.9 Å². The molecule has 0 radical (unpaired) electrons. The van der Waals surface area contributed by atoms with Gasteiger partial charge in [-0.1, -0.05) is 6.07 Å². The number of carbonyl (C=O) groups excluding carboxylic acids is 1. The number of nitrogens with zero attached hydrogens (tertiary/aromatic N) is 2. The molecule has 2 amide bonds. The first-order valence-corrected chi connectivity index (χ1v) is 11.5. The average molecular weight is 435 g/mol. The van der Waals surface area contributed by atoms with Gasteiger partial charge in [0.1, 0.15) is 11.6 Å². The zero-order valence-corrected chi connectivity index (χ0v) is 18.1. The molecule has 0 atom stereocenters. The molecule has 0 fully saturated rings. The third-order valence-corrected chi connectivity index (χ3v) is 6.28. The minimum atomic E-state index is -3.37. The molecule has 0 bridgehead atoms. The zero-order chi connectivity index (χ0) is 21.2. The number of anilines is 1. The number of sulfone groups is 1. The van der Waals surface area contributed by atoms with Gasteiger partial charge in [0.2, 0.25) is 0 Å². The summed E-state index contributed by atoms with van der Waals surface area (Å²) in [4.78, 5) is 17.6. The predicted molar refractivity (Wildman–Crippen MR) is 114 cm³/mol. The SMILES string of the molecule is CCn1c(C)nc2cccc(NC(=O)NSc3cc(S(C)(=O)=O)ccc3OC)c21. The highest BCUT2D eigenvalue weighted by molar-refractivity contribution is 7.98. The fraction of sp³-hybridized carbons (Fsp3) is 0.263. The molecule has 8 nitrogen and oxygen atoms in total. The van der Waals surface area contributed by atoms with E-state index in [1.807, 2.05) is 36.6 Å². The standard InChI is InChI=1S/C19H22N4O4S2/c1-5-23-12(2)20-14-7-6-8-15(18(14)23)21-19(24)22-28-17-11-13(29(4,25)26)9-10-16(17)27-3/h6-11H,5H2,1-4H3,(H2,21,22,24). The Morgan fingerprint density at radius 2 is 2.03 bits per heavy atom. The van der Waals surface area contributed by atoms with Crippen LogP contribution in [0.1, 0.15) is 12.7 Å². The number of rotatable bonds is 6. The fourth-order valence-electron chi connectivity index (χ4n) is 3.01. The van der Waals surface area contributed by atoms with Crippen LogP contribution in [0, 0.1) is 6.92 Å². The van der Waals surface area contributed by atoms with Gasteiger partial charge in [0, 0.05) is 12.8 Å². The van der Waals surface area contributed by atoms with E-state index in [9.17, 15) is 13.2 Å². The van der Waals surface area contributed by atoms with E-state index in [0.717, 1.165) is 41.6 Å². The van der Waals surface area contributed by atoms with E-state index in [1.165, 1.54) is 19.2 Å². The first kappa shape index (κ1) is 21.0. The highest BCUT2D eigenvalue weighted by Crippen LogP contribution is 2.30. The minimum Gasteiger partial charge on any atom is -0.496 e. The minimum absolute atomic E-state index is 0.148. The number of carbonyl (C=O) groups is 1. The zero-order valence-electron chi connectivity index (χ0n) is 16.5. The number of fused-ring (bicyclic) bond motifs is 1. The number of para-hydroxylation sites is 1. The van der Waals surface area contributed by atoms with Crippen LogP contribution in [0.4, 0.5) is 10.5 Å². The quantitative estimate of drug-likeness (QED) is 0.575. The molecule has 154 valence electrons. The van der Waals surface area contributed by atoms with Crippen molar-refractivity contribution in [1.29, 1.82) is 0 Å². The lowest BCUT2D eigenvalue weighted by molar-refractivity contribution is 0.257. The number of aryl methyl sites for hydroxylation is 2. The van der Waals surface area contributed by atoms with Crippen LogP contribution in [0.15, 0.2) is 46.2 Å². The summed E-state index contributed by atoms with van der Waals surface area (Å²) in [5.41, 5.74) is 2.29. The molecule has 0 aliphatic rings. The molecule has 3 aromatic rings. The van der Waals surface area contributed by atoms with Crippen LogP contribution in [0.2, 0.25) is 0 Å². The molecule has 0 aliphatic heterocycles. The number of nitrogens with one attached hydrogen (secondary N) is 2. The van der Waals surface area contributed by atoms with Crippen LogP contribution in [0.3, 0.4) is 0 Å². The number of methoxy groups -OCH3 is 1. The summed E-state index contributed by atoms with van der Waals surface area (Å²) in [5.74, 6) is 1.33. The maximum absolute atomic E-state index is 12.5. The summed E-state index contributed by atoms with van der Waals surface area (Å²) in [6.07, 6.45) is 1.13. The van der Waals surface area contributed by atoms with Crippen LogP contribution < -0.4 is 14.8 Å². The number of benzene rings is 2. The van der Waals surface area contributed by atoms with Crippen molar-refractivity contribution in [3.63, 3.8) is 0 Å². The second kappa shape index (κ2) is 8.34. The third kappa shape index (κ3) is 4.48. The van der Waals surface area contributed by atoms with Crippen molar-refractivity contribution >= 4 is 44.5 Å². The maximum atomic E-state index is 12.5. The van der Waals surface area contributed by atoms with E-state index in [0.29, 0.717) is 16.3 Å². The Kier molecular flexibility index (Phi) is 6.04. The smallest absolute Gasteiger partial charge is 0.329 e. The topological polar surface area (TPSA) is 102 Å². The van der Waals surface area contributed by atoms with E-state index < -0.39 is 15.9 Å². The summed E-state index contributed by atoms with van der Waals surface area (Å²) in [6.45, 7) is 4.67. The van der Waals surface area contributed by atoms with Crippen LogP contribution in [-0.4, -0.2) is 37.4 Å². The molecule has 0 saturated carbocycles. The van der Waals surface area contributed by atoms with Crippen LogP contribution in [0.5, 0.6) is 5.75 Å². The van der Waals surface area contributed by atoms with Gasteiger partial charge in [0.15, 0.2) is 9.84 Å². The number of imidazole rings is 1. The number of urea groups is 1. The van der Waals surface area contributed by atoms with Gasteiger partial charge in [-0.3, -0.25) is 4.72 Å². The Bertz CT molecular complexity index is 1170. The Labute approximate surface area is 173 Å². The Morgan fingerprint density at radius 3 is 2.69 bits per heavy atom. The maximum Gasteiger partial charge on any atom is 0.329 e. The lowest BCUT2D eigenvalue weighted by Gasteiger charge is -2.12. The summed E-state index contributed by atoms with van der Waals surface area (Å²) in [7, 11) is -1.89. The molecular formula is C19H22N4O4S2. The molecule has 1 heterocycles. The van der Waals surface area contributed by atoms with E-state index in [2.05, 4.69) is 15.0 Å². The van der Waals surface area contributed by atoms with Gasteiger partial charge in [-0.2, -0.15) is 0 Å². The molecule has 0 spiro atoms. The lowest BCUT2D eigenvalue weighted by atomic mass is 10.2. The van der Waals surface area contributed by atoms with Crippen LogP contribution >= 0.6 is 11.9 Å². The highest BCUT2D eigenvalue weighted by Gasteiger charge is 2.15. The van der Waals surface area contributed by atoms with Crippen molar-refractivity contribution in [3.8, 4) is 5.75 Å². The fourth-order valence-corrected chi connectivity index (χ4v) is 4.42. The third-order valence-electron chi connectivity index (χ3n) is 4.34. The number of ether oxygens (including phenoxy) is 1. The number of aromatic nitrogens is 2. The first-order chi connectivity index (χ1) is 13.7. The first-order valence-electron chi connectivity index (χ1n) is 8.82. The highest BCUT2D eigenvalue weighted by atomic mass is 32.2. The van der Waals surface area contributed by atoms with Gasteiger partial charge in [0.25, 0.3) is 0 Å². The van der Waals surface area contributed by atoms with E-state index in [4.69, 9.17) is 4.74 Å². The van der Waals surface area contributed by atoms with Crippen molar-refractivity contribution in [2.24, 2.45) is 0 Å². The number of amides is 2. The van der Waals surface area contributed by atoms with E-state index in [1.54, 1.807) is 6.07 Å². The summed E-state index contributed by atoms with van der Waals surface area (Å²) >= 11 is 0.976. The normalized spacial score (nSPS) is 11.4. The predicted octanol–water partition coefficient (Wildman–Crippen LogP) is 3.61. The average Bonchev–Trinajstić information content (AvgIpc) is 3.01. The van der Waals surface area contributed by atoms with Gasteiger partial charge >= 0.3 is 6.03 Å². The van der Waals surface area contributed by atoms with Crippen molar-refractivity contribution in [3.05, 3.63) is 42.2 Å². The van der Waals surface area contributed by atoms with Gasteiger partial charge in [-0.15, -0.1) is 0 Å².